The van der Waals surface area contributed by atoms with E-state index in [9.17, 15) is 14.4 Å². The molecule has 2 N–H and O–H groups in total. The Kier molecular flexibility index (Phi) is 7.23. The largest absolute Gasteiger partial charge is 0.490 e. The molecule has 1 aromatic heterocycles. The van der Waals surface area contributed by atoms with Crippen LogP contribution in [0.25, 0.3) is 10.9 Å². The summed E-state index contributed by atoms with van der Waals surface area (Å²) in [7, 11) is 1.55. The van der Waals surface area contributed by atoms with Gasteiger partial charge in [-0.2, -0.15) is 5.26 Å². The molecule has 8 nitrogen and oxygen atoms in total. The number of hydrogen-bond donors (Lipinski definition) is 1. The van der Waals surface area contributed by atoms with Crippen molar-refractivity contribution in [2.24, 2.45) is 5.73 Å². The van der Waals surface area contributed by atoms with Crippen LogP contribution >= 0.6 is 0 Å². The predicted octanol–water partition coefficient (Wildman–Crippen LogP) is 5.42. The van der Waals surface area contributed by atoms with Crippen molar-refractivity contribution < 1.29 is 27.8 Å². The normalized spacial score (nSPS) is 10.6. The molecule has 4 rings (SSSR count). The first-order valence-corrected chi connectivity index (χ1v) is 10.7. The summed E-state index contributed by atoms with van der Waals surface area (Å²) in [6.07, 6.45) is 1.51. The number of nitrogens with two attached hydrogens (primary N) is 1. The summed E-state index contributed by atoms with van der Waals surface area (Å²) < 4.78 is 44.8. The number of rotatable bonds is 8. The summed E-state index contributed by atoms with van der Waals surface area (Å²) >= 11 is 0. The van der Waals surface area contributed by atoms with Crippen LogP contribution in [0.2, 0.25) is 0 Å². The fourth-order valence-electron chi connectivity index (χ4n) is 3.51. The number of hydrogen-bond acceptors (Lipinski definition) is 6. The number of primary amides is 1. The van der Waals surface area contributed by atoms with Gasteiger partial charge in [0.05, 0.1) is 29.1 Å². The van der Waals surface area contributed by atoms with Crippen molar-refractivity contribution in [2.75, 3.05) is 25.2 Å². The van der Waals surface area contributed by atoms with E-state index in [2.05, 4.69) is 11.1 Å². The number of nitriles is 1. The average molecular weight is 490 g/mol. The number of carbonyl (C=O) groups is 1. The summed E-state index contributed by atoms with van der Waals surface area (Å²) in [6.45, 7) is 0.619. The van der Waals surface area contributed by atoms with Gasteiger partial charge in [-0.05, 0) is 48.5 Å². The maximum Gasteiger partial charge on any atom is 0.323 e. The van der Waals surface area contributed by atoms with E-state index >= 15 is 4.39 Å². The lowest BCUT2D eigenvalue weighted by atomic mass is 10.1. The molecule has 4 aromatic rings. The Balaban J connectivity index is 1.65. The van der Waals surface area contributed by atoms with Crippen LogP contribution in [-0.4, -0.2) is 31.3 Å². The third-order valence-electron chi connectivity index (χ3n) is 5.16. The second-order valence-corrected chi connectivity index (χ2v) is 7.49. The first kappa shape index (κ1) is 24.4. The number of pyridine rings is 1. The summed E-state index contributed by atoms with van der Waals surface area (Å²) in [4.78, 5) is 17.3. The zero-order valence-corrected chi connectivity index (χ0v) is 19.1. The van der Waals surface area contributed by atoms with Crippen LogP contribution in [0.3, 0.4) is 0 Å². The lowest BCUT2D eigenvalue weighted by Crippen LogP contribution is -2.32. The Morgan fingerprint density at radius 1 is 1.06 bits per heavy atom. The summed E-state index contributed by atoms with van der Waals surface area (Å²) in [5.41, 5.74) is 6.30. The van der Waals surface area contributed by atoms with Crippen LogP contribution in [0.4, 0.5) is 25.0 Å². The van der Waals surface area contributed by atoms with Gasteiger partial charge in [-0.3, -0.25) is 9.88 Å². The van der Waals surface area contributed by atoms with Gasteiger partial charge in [0.15, 0.2) is 5.82 Å². The van der Waals surface area contributed by atoms with Crippen molar-refractivity contribution >= 4 is 28.3 Å². The van der Waals surface area contributed by atoms with Gasteiger partial charge in [0.1, 0.15) is 35.7 Å². The van der Waals surface area contributed by atoms with Gasteiger partial charge in [0.2, 0.25) is 0 Å². The van der Waals surface area contributed by atoms with Crippen molar-refractivity contribution in [1.29, 1.82) is 5.26 Å². The topological polar surface area (TPSA) is 111 Å². The highest BCUT2D eigenvalue weighted by Crippen LogP contribution is 2.35. The minimum atomic E-state index is -0.943. The van der Waals surface area contributed by atoms with Gasteiger partial charge in [-0.15, -0.1) is 0 Å². The SMILES string of the molecule is COCCOc1cc2nccc(Oc3ccc(N(C(N)=O)c4ccc(F)cc4)c(F)c3)c2cc1C#N. The maximum absolute atomic E-state index is 15.1. The number of carbonyl (C=O) groups excluding carboxylic acids is 1. The molecule has 2 amide bonds. The van der Waals surface area contributed by atoms with Crippen molar-refractivity contribution in [2.45, 2.75) is 0 Å². The Morgan fingerprint density at radius 3 is 2.50 bits per heavy atom. The molecule has 0 aliphatic carbocycles. The number of benzene rings is 3. The van der Waals surface area contributed by atoms with E-state index in [1.165, 1.54) is 30.5 Å². The van der Waals surface area contributed by atoms with Crippen LogP contribution in [0.1, 0.15) is 5.56 Å². The smallest absolute Gasteiger partial charge is 0.323 e. The summed E-state index contributed by atoms with van der Waals surface area (Å²) in [6, 6.07) is 14.7. The Morgan fingerprint density at radius 2 is 1.83 bits per heavy atom. The van der Waals surface area contributed by atoms with Crippen LogP contribution in [0, 0.1) is 23.0 Å². The van der Waals surface area contributed by atoms with Crippen LogP contribution in [-0.2, 0) is 4.74 Å². The second-order valence-electron chi connectivity index (χ2n) is 7.49. The molecule has 0 saturated heterocycles. The van der Waals surface area contributed by atoms with Gasteiger partial charge < -0.3 is 19.9 Å². The van der Waals surface area contributed by atoms with E-state index in [4.69, 9.17) is 19.9 Å². The molecular weight excluding hydrogens is 470 g/mol. The molecule has 0 fully saturated rings. The van der Waals surface area contributed by atoms with E-state index < -0.39 is 17.7 Å². The van der Waals surface area contributed by atoms with Gasteiger partial charge >= 0.3 is 6.03 Å². The molecule has 0 aliphatic heterocycles. The molecule has 10 heteroatoms. The van der Waals surface area contributed by atoms with E-state index in [0.717, 1.165) is 23.1 Å². The molecule has 0 aliphatic rings. The minimum Gasteiger partial charge on any atom is -0.490 e. The Labute approximate surface area is 205 Å². The molecule has 0 radical (unpaired) electrons. The Hall–Kier alpha value is -4.75. The highest BCUT2D eigenvalue weighted by atomic mass is 19.1. The van der Waals surface area contributed by atoms with Crippen LogP contribution in [0.15, 0.2) is 66.9 Å². The quantitative estimate of drug-likeness (QED) is 0.330. The van der Waals surface area contributed by atoms with Crippen molar-refractivity contribution in [1.82, 2.24) is 4.98 Å². The molecule has 0 saturated carbocycles. The van der Waals surface area contributed by atoms with Gasteiger partial charge in [0.25, 0.3) is 0 Å². The van der Waals surface area contributed by atoms with E-state index in [1.807, 2.05) is 0 Å². The minimum absolute atomic E-state index is 0.131. The number of nitrogens with zero attached hydrogens (tertiary/aromatic N) is 3. The van der Waals surface area contributed by atoms with E-state index in [0.29, 0.717) is 29.0 Å². The number of amides is 2. The van der Waals surface area contributed by atoms with Crippen molar-refractivity contribution in [3.05, 3.63) is 84.1 Å². The molecule has 0 unspecified atom stereocenters. The van der Waals surface area contributed by atoms with Crippen LogP contribution < -0.4 is 20.1 Å². The number of fused-ring (bicyclic) bond motifs is 1. The van der Waals surface area contributed by atoms with Crippen LogP contribution in [0.5, 0.6) is 17.2 Å². The van der Waals surface area contributed by atoms with Gasteiger partial charge in [-0.1, -0.05) is 0 Å². The van der Waals surface area contributed by atoms with Gasteiger partial charge in [-0.25, -0.2) is 13.6 Å². The molecule has 0 spiro atoms. The predicted molar refractivity (Wildman–Crippen MR) is 128 cm³/mol. The molecule has 36 heavy (non-hydrogen) atoms. The van der Waals surface area contributed by atoms with Crippen molar-refractivity contribution in [3.8, 4) is 23.3 Å². The first-order chi connectivity index (χ1) is 17.4. The second kappa shape index (κ2) is 10.7. The summed E-state index contributed by atoms with van der Waals surface area (Å²) in [5.74, 6) is -0.483. The molecule has 0 atom stereocenters. The maximum atomic E-state index is 15.1. The lowest BCUT2D eigenvalue weighted by Gasteiger charge is -2.21. The fourth-order valence-corrected chi connectivity index (χ4v) is 3.51. The fraction of sp³-hybridized carbons (Fsp3) is 0.115. The van der Waals surface area contributed by atoms with E-state index in [-0.39, 0.29) is 29.3 Å². The standard InChI is InChI=1S/C26H20F2N4O4/c1-34-10-11-35-25-14-22-20(12-16(25)15-29)24(8-9-31-22)36-19-6-7-23(21(28)13-19)32(26(30)33)18-4-2-17(27)3-5-18/h2-9,12-14H,10-11H2,1H3,(H2,30,33). The Bertz CT molecular complexity index is 1460. The lowest BCUT2D eigenvalue weighted by molar-refractivity contribution is 0.146. The van der Waals surface area contributed by atoms with E-state index in [1.54, 1.807) is 25.3 Å². The first-order valence-electron chi connectivity index (χ1n) is 10.7. The average Bonchev–Trinajstić information content (AvgIpc) is 2.86. The van der Waals surface area contributed by atoms with Gasteiger partial charge in [0, 0.05) is 30.8 Å². The third kappa shape index (κ3) is 5.16. The molecule has 0 bridgehead atoms. The molecule has 3 aromatic carbocycles. The highest BCUT2D eigenvalue weighted by molar-refractivity contribution is 5.98. The molecule has 182 valence electrons. The number of methoxy groups -OCH3 is 1. The summed E-state index contributed by atoms with van der Waals surface area (Å²) in [5, 5.41) is 10.1. The third-order valence-corrected chi connectivity index (χ3v) is 5.16. The molecule has 1 heterocycles. The molecular formula is C26H20F2N4O4. The number of anilines is 2. The number of ether oxygens (including phenoxy) is 3. The zero-order chi connectivity index (χ0) is 25.7. The zero-order valence-electron chi connectivity index (χ0n) is 19.1. The number of aromatic nitrogens is 1. The monoisotopic (exact) mass is 490 g/mol. The highest BCUT2D eigenvalue weighted by Gasteiger charge is 2.20. The number of halogens is 2. The number of urea groups is 1. The van der Waals surface area contributed by atoms with Crippen molar-refractivity contribution in [3.63, 3.8) is 0 Å².